The SMILES string of the molecule is CCCCCCCCCCCC(Br)c1cc(Br)sc1Br. The van der Waals surface area contributed by atoms with Crippen molar-refractivity contribution in [1.29, 1.82) is 0 Å². The van der Waals surface area contributed by atoms with Crippen LogP contribution >= 0.6 is 59.1 Å². The second kappa shape index (κ2) is 11.7. The number of halogens is 3. The van der Waals surface area contributed by atoms with Crippen molar-refractivity contribution in [2.24, 2.45) is 0 Å². The molecule has 116 valence electrons. The van der Waals surface area contributed by atoms with E-state index in [4.69, 9.17) is 0 Å². The minimum atomic E-state index is 0.490. The first-order valence-corrected chi connectivity index (χ1v) is 11.1. The molecule has 4 heteroatoms. The monoisotopic (exact) mass is 486 g/mol. The topological polar surface area (TPSA) is 0 Å². The van der Waals surface area contributed by atoms with Gasteiger partial charge in [-0.3, -0.25) is 0 Å². The molecule has 1 atom stereocenters. The highest BCUT2D eigenvalue weighted by molar-refractivity contribution is 9.12. The van der Waals surface area contributed by atoms with Crippen molar-refractivity contribution in [1.82, 2.24) is 0 Å². The summed E-state index contributed by atoms with van der Waals surface area (Å²) in [5.74, 6) is 0. The Hall–Kier alpha value is 1.14. The molecule has 0 radical (unpaired) electrons. The van der Waals surface area contributed by atoms with Gasteiger partial charge in [-0.25, -0.2) is 0 Å². The highest BCUT2D eigenvalue weighted by Crippen LogP contribution is 2.40. The van der Waals surface area contributed by atoms with Crippen LogP contribution in [0.1, 0.15) is 81.5 Å². The van der Waals surface area contributed by atoms with Crippen LogP contribution in [0.5, 0.6) is 0 Å². The Balaban J connectivity index is 2.02. The van der Waals surface area contributed by atoms with Crippen LogP contribution in [-0.4, -0.2) is 0 Å². The van der Waals surface area contributed by atoms with E-state index in [2.05, 4.69) is 60.8 Å². The lowest BCUT2D eigenvalue weighted by molar-refractivity contribution is 0.556. The molecule has 0 aromatic carbocycles. The number of rotatable bonds is 11. The average Bonchev–Trinajstić information content (AvgIpc) is 2.75. The normalized spacial score (nSPS) is 12.8. The first-order valence-electron chi connectivity index (χ1n) is 7.74. The summed E-state index contributed by atoms with van der Waals surface area (Å²) < 4.78 is 2.46. The number of hydrogen-bond acceptors (Lipinski definition) is 1. The maximum Gasteiger partial charge on any atom is 0.0753 e. The van der Waals surface area contributed by atoms with Crippen molar-refractivity contribution in [3.8, 4) is 0 Å². The van der Waals surface area contributed by atoms with Gasteiger partial charge in [0.1, 0.15) is 0 Å². The first-order chi connectivity index (χ1) is 9.65. The van der Waals surface area contributed by atoms with Crippen LogP contribution in [0, 0.1) is 0 Å². The minimum Gasteiger partial charge on any atom is -0.121 e. The zero-order chi connectivity index (χ0) is 14.8. The second-order valence-electron chi connectivity index (χ2n) is 5.36. The molecule has 1 unspecified atom stereocenters. The lowest BCUT2D eigenvalue weighted by Gasteiger charge is -2.08. The van der Waals surface area contributed by atoms with Crippen LogP contribution in [0.2, 0.25) is 0 Å². The van der Waals surface area contributed by atoms with Crippen LogP contribution in [0.15, 0.2) is 13.6 Å². The average molecular weight is 489 g/mol. The van der Waals surface area contributed by atoms with Gasteiger partial charge in [0.05, 0.1) is 7.57 Å². The lowest BCUT2D eigenvalue weighted by atomic mass is 10.0. The Morgan fingerprint density at radius 1 is 0.950 bits per heavy atom. The van der Waals surface area contributed by atoms with Gasteiger partial charge in [0.2, 0.25) is 0 Å². The Labute approximate surface area is 153 Å². The van der Waals surface area contributed by atoms with E-state index in [0.29, 0.717) is 4.83 Å². The van der Waals surface area contributed by atoms with E-state index in [1.165, 1.54) is 77.3 Å². The molecule has 0 amide bonds. The molecule has 0 aliphatic carbocycles. The van der Waals surface area contributed by atoms with Crippen molar-refractivity contribution in [3.05, 3.63) is 19.2 Å². The molecule has 1 heterocycles. The summed E-state index contributed by atoms with van der Waals surface area (Å²) in [6.07, 6.45) is 13.8. The summed E-state index contributed by atoms with van der Waals surface area (Å²) in [6.45, 7) is 2.28. The highest BCUT2D eigenvalue weighted by Gasteiger charge is 2.13. The highest BCUT2D eigenvalue weighted by atomic mass is 79.9. The molecule has 20 heavy (non-hydrogen) atoms. The third-order valence-corrected chi connectivity index (χ3v) is 6.92. The third-order valence-electron chi connectivity index (χ3n) is 3.58. The van der Waals surface area contributed by atoms with E-state index in [0.717, 1.165) is 0 Å². The molecule has 1 aromatic heterocycles. The van der Waals surface area contributed by atoms with Gasteiger partial charge in [0.25, 0.3) is 0 Å². The molecule has 0 aliphatic heterocycles. The molecular formula is C16H25Br3S. The van der Waals surface area contributed by atoms with E-state index >= 15 is 0 Å². The van der Waals surface area contributed by atoms with E-state index in [9.17, 15) is 0 Å². The molecule has 1 aromatic rings. The molecule has 1 rings (SSSR count). The molecule has 0 bridgehead atoms. The molecular weight excluding hydrogens is 464 g/mol. The quantitative estimate of drug-likeness (QED) is 0.216. The predicted molar refractivity (Wildman–Crippen MR) is 103 cm³/mol. The summed E-state index contributed by atoms with van der Waals surface area (Å²) in [5, 5.41) is 0. The van der Waals surface area contributed by atoms with Gasteiger partial charge in [0.15, 0.2) is 0 Å². The van der Waals surface area contributed by atoms with Gasteiger partial charge in [-0.1, -0.05) is 80.6 Å². The van der Waals surface area contributed by atoms with E-state index < -0.39 is 0 Å². The van der Waals surface area contributed by atoms with E-state index in [1.807, 2.05) is 0 Å². The fraction of sp³-hybridized carbons (Fsp3) is 0.750. The van der Waals surface area contributed by atoms with Crippen LogP contribution < -0.4 is 0 Å². The second-order valence-corrected chi connectivity index (χ2v) is 10.2. The zero-order valence-corrected chi connectivity index (χ0v) is 17.8. The summed E-state index contributed by atoms with van der Waals surface area (Å²) in [6, 6.07) is 2.22. The van der Waals surface area contributed by atoms with Crippen LogP contribution in [-0.2, 0) is 0 Å². The van der Waals surface area contributed by atoms with Crippen molar-refractivity contribution in [2.45, 2.75) is 76.0 Å². The van der Waals surface area contributed by atoms with Crippen molar-refractivity contribution >= 4 is 59.1 Å². The fourth-order valence-electron chi connectivity index (χ4n) is 2.36. The Morgan fingerprint density at radius 2 is 1.50 bits per heavy atom. The number of unbranched alkanes of at least 4 members (excludes halogenated alkanes) is 8. The fourth-order valence-corrected chi connectivity index (χ4v) is 6.47. The van der Waals surface area contributed by atoms with Gasteiger partial charge in [-0.15, -0.1) is 11.3 Å². The zero-order valence-electron chi connectivity index (χ0n) is 12.3. The van der Waals surface area contributed by atoms with E-state index in [-0.39, 0.29) is 0 Å². The minimum absolute atomic E-state index is 0.490. The Kier molecular flexibility index (Phi) is 11.2. The summed E-state index contributed by atoms with van der Waals surface area (Å²) >= 11 is 12.8. The molecule has 0 nitrogen and oxygen atoms in total. The van der Waals surface area contributed by atoms with Gasteiger partial charge in [-0.05, 0) is 49.9 Å². The van der Waals surface area contributed by atoms with Crippen LogP contribution in [0.4, 0.5) is 0 Å². The van der Waals surface area contributed by atoms with Crippen molar-refractivity contribution < 1.29 is 0 Å². The standard InChI is InChI=1S/C16H25Br3S/c1-2-3-4-5-6-7-8-9-10-11-14(17)13-12-15(18)20-16(13)19/h12,14H,2-11H2,1H3. The first kappa shape index (κ1) is 19.2. The van der Waals surface area contributed by atoms with Gasteiger partial charge >= 0.3 is 0 Å². The maximum absolute atomic E-state index is 3.82. The van der Waals surface area contributed by atoms with Crippen LogP contribution in [0.25, 0.3) is 0 Å². The van der Waals surface area contributed by atoms with Gasteiger partial charge < -0.3 is 0 Å². The van der Waals surface area contributed by atoms with Crippen LogP contribution in [0.3, 0.4) is 0 Å². The summed E-state index contributed by atoms with van der Waals surface area (Å²) in [4.78, 5) is 0.490. The van der Waals surface area contributed by atoms with Crippen molar-refractivity contribution in [3.63, 3.8) is 0 Å². The number of alkyl halides is 1. The van der Waals surface area contributed by atoms with Crippen molar-refractivity contribution in [2.75, 3.05) is 0 Å². The number of hydrogen-bond donors (Lipinski definition) is 0. The lowest BCUT2D eigenvalue weighted by Crippen LogP contribution is -1.89. The van der Waals surface area contributed by atoms with Gasteiger partial charge in [-0.2, -0.15) is 0 Å². The largest absolute Gasteiger partial charge is 0.121 e. The molecule has 0 aliphatic rings. The Morgan fingerprint density at radius 3 is 2.00 bits per heavy atom. The molecule has 0 N–H and O–H groups in total. The maximum atomic E-state index is 3.82. The number of thiophene rings is 1. The Bertz CT molecular complexity index is 363. The molecule has 0 saturated carbocycles. The molecule has 0 spiro atoms. The summed E-state index contributed by atoms with van der Waals surface area (Å²) in [5.41, 5.74) is 1.39. The third kappa shape index (κ3) is 7.95. The molecule has 0 saturated heterocycles. The predicted octanol–water partition coefficient (Wildman–Crippen LogP) is 8.63. The van der Waals surface area contributed by atoms with Gasteiger partial charge in [0, 0.05) is 4.83 Å². The van der Waals surface area contributed by atoms with E-state index in [1.54, 1.807) is 11.3 Å². The smallest absolute Gasteiger partial charge is 0.0753 e. The summed E-state index contributed by atoms with van der Waals surface area (Å²) in [7, 11) is 0. The molecule has 0 fully saturated rings.